The number of halogens is 3. The predicted octanol–water partition coefficient (Wildman–Crippen LogP) is -0.180. The smallest absolute Gasteiger partial charge is 1.00 e. The molecule has 0 saturated carbocycles. The summed E-state index contributed by atoms with van der Waals surface area (Å²) >= 11 is 2.43. The van der Waals surface area contributed by atoms with Gasteiger partial charge in [-0.25, -0.2) is 0 Å². The minimum absolute atomic E-state index is 0. The van der Waals surface area contributed by atoms with Crippen molar-refractivity contribution in [3.8, 4) is 0 Å². The standard InChI is InChI=1S/C39H51Si.3ClH.Ti/c1-13-30-20-31(14-2)22-35(21-30)40(34-18-16-15-17-19-34,39(12)26-27(3)28(4)29(39)5)36-24-32(37(6,7)8)23-33(25-36)38(9,10)11;;;;/h15-25H,13-14H2,1-12H3;3*1H;/q;;;;+3/p-3. The molecule has 3 aromatic rings. The third-order valence-corrected chi connectivity index (χ3v) is 17.5. The van der Waals surface area contributed by atoms with Crippen LogP contribution >= 0.6 is 0 Å². The largest absolute Gasteiger partial charge is 1.00 e. The fraction of sp³-hybridized carbons (Fsp3) is 0.436. The molecule has 0 N–H and O–H groups in total. The minimum atomic E-state index is -2.76. The zero-order valence-corrected chi connectivity index (χ0v) is 33.7. The van der Waals surface area contributed by atoms with Crippen molar-refractivity contribution in [2.24, 2.45) is 0 Å². The van der Waals surface area contributed by atoms with Gasteiger partial charge < -0.3 is 37.2 Å². The molecule has 1 aliphatic rings. The minimum Gasteiger partial charge on any atom is -1.00 e. The molecule has 0 radical (unpaired) electrons. The Bertz CT molecular complexity index is 1440. The van der Waals surface area contributed by atoms with Gasteiger partial charge in [0.15, 0.2) is 0 Å². The van der Waals surface area contributed by atoms with Crippen LogP contribution in [0.15, 0.2) is 87.3 Å². The van der Waals surface area contributed by atoms with E-state index in [4.69, 9.17) is 0 Å². The van der Waals surface area contributed by atoms with Crippen LogP contribution in [-0.4, -0.2) is 8.07 Å². The van der Waals surface area contributed by atoms with Crippen LogP contribution < -0.4 is 52.8 Å². The summed E-state index contributed by atoms with van der Waals surface area (Å²) in [7, 11) is -2.76. The molecule has 0 aromatic heterocycles. The first-order valence-corrected chi connectivity index (χ1v) is 18.3. The van der Waals surface area contributed by atoms with E-state index in [1.54, 1.807) is 19.8 Å². The van der Waals surface area contributed by atoms with Crippen LogP contribution in [0.3, 0.4) is 0 Å². The molecular weight excluding hydrogens is 651 g/mol. The van der Waals surface area contributed by atoms with Crippen molar-refractivity contribution < 1.29 is 57.7 Å². The topological polar surface area (TPSA) is 0 Å². The Labute approximate surface area is 300 Å². The number of benzene rings is 3. The number of hydrogen-bond acceptors (Lipinski definition) is 0. The molecule has 0 saturated heterocycles. The molecule has 5 heteroatoms. The van der Waals surface area contributed by atoms with Crippen LogP contribution in [0.5, 0.6) is 0 Å². The summed E-state index contributed by atoms with van der Waals surface area (Å²) in [6, 6.07) is 27.0. The Morgan fingerprint density at radius 2 is 1.05 bits per heavy atom. The zero-order valence-electron chi connectivity index (χ0n) is 28.9. The number of aryl methyl sites for hydroxylation is 2. The second-order valence-electron chi connectivity index (χ2n) is 14.5. The Morgan fingerprint density at radius 1 is 0.614 bits per heavy atom. The van der Waals surface area contributed by atoms with Gasteiger partial charge in [-0.3, -0.25) is 0 Å². The normalized spacial score (nSPS) is 18.3. The fourth-order valence-electron chi connectivity index (χ4n) is 7.03. The first-order valence-electron chi connectivity index (χ1n) is 15.5. The molecule has 0 spiro atoms. The maximum Gasteiger partial charge on any atom is -1.00 e. The molecule has 3 aromatic carbocycles. The second-order valence-corrected chi connectivity index (χ2v) is 19.5. The van der Waals surface area contributed by atoms with Crippen LogP contribution in [0.4, 0.5) is 0 Å². The van der Waals surface area contributed by atoms with E-state index in [1.807, 2.05) is 0 Å². The van der Waals surface area contributed by atoms with Gasteiger partial charge in [-0.2, -0.15) is 0 Å². The quantitative estimate of drug-likeness (QED) is 0.248. The van der Waals surface area contributed by atoms with Gasteiger partial charge in [0, 0.05) is 0 Å². The average Bonchev–Trinajstić information content (AvgIpc) is 3.08. The average molecular weight is 702 g/mol. The van der Waals surface area contributed by atoms with Crippen LogP contribution in [0.1, 0.15) is 105 Å². The molecule has 2 atom stereocenters. The summed E-state index contributed by atoms with van der Waals surface area (Å²) in [5.74, 6) is 0. The first-order chi connectivity index (χ1) is 19.0. The van der Waals surface area contributed by atoms with Gasteiger partial charge in [-0.05, 0) is 0 Å². The molecule has 0 amide bonds. The molecule has 0 fully saturated rings. The van der Waals surface area contributed by atoms with Gasteiger partial charge in [0.25, 0.3) is 0 Å². The Balaban J connectivity index is 0.00000323. The maximum absolute atomic E-state index is 2.76. The third kappa shape index (κ3) is 6.81. The number of hydrogen-bond donors (Lipinski definition) is 0. The molecule has 0 aliphatic heterocycles. The molecular formula is C39H51Cl3SiTi. The van der Waals surface area contributed by atoms with Crippen molar-refractivity contribution in [2.75, 3.05) is 0 Å². The first kappa shape index (κ1) is 41.0. The van der Waals surface area contributed by atoms with E-state index in [9.17, 15) is 0 Å². The summed E-state index contributed by atoms with van der Waals surface area (Å²) in [6.45, 7) is 28.6. The number of rotatable bonds is 6. The van der Waals surface area contributed by atoms with Gasteiger partial charge in [-0.15, -0.1) is 0 Å². The molecule has 1 aliphatic carbocycles. The van der Waals surface area contributed by atoms with Crippen LogP contribution in [0.25, 0.3) is 0 Å². The van der Waals surface area contributed by atoms with Crippen molar-refractivity contribution in [1.29, 1.82) is 0 Å². The van der Waals surface area contributed by atoms with Gasteiger partial charge >= 0.3 is 265 Å². The van der Waals surface area contributed by atoms with Crippen LogP contribution in [-0.2, 0) is 44.1 Å². The summed E-state index contributed by atoms with van der Waals surface area (Å²) < 4.78 is 1.54. The van der Waals surface area contributed by atoms with E-state index < -0.39 is 8.07 Å². The molecule has 0 heterocycles. The second kappa shape index (κ2) is 14.8. The van der Waals surface area contributed by atoms with E-state index in [2.05, 4.69) is 170 Å². The molecule has 4 rings (SSSR count). The van der Waals surface area contributed by atoms with E-state index in [-0.39, 0.29) is 53.1 Å². The molecule has 44 heavy (non-hydrogen) atoms. The fourth-order valence-corrected chi connectivity index (χ4v) is 14.8. The van der Waals surface area contributed by atoms with Crippen molar-refractivity contribution in [3.05, 3.63) is 110 Å². The number of allylic oxidation sites excluding steroid dienone is 4. The van der Waals surface area contributed by atoms with E-state index in [1.165, 1.54) is 38.6 Å². The molecule has 2 unspecified atom stereocenters. The monoisotopic (exact) mass is 700 g/mol. The van der Waals surface area contributed by atoms with Gasteiger partial charge in [0.05, 0.1) is 0 Å². The van der Waals surface area contributed by atoms with E-state index >= 15 is 0 Å². The van der Waals surface area contributed by atoms with Gasteiger partial charge in [0.2, 0.25) is 0 Å². The maximum atomic E-state index is 2.62. The molecule has 0 bridgehead atoms. The summed E-state index contributed by atoms with van der Waals surface area (Å²) in [4.78, 5) is 0. The van der Waals surface area contributed by atoms with Crippen molar-refractivity contribution in [2.45, 2.75) is 112 Å². The van der Waals surface area contributed by atoms with E-state index in [0.29, 0.717) is 0 Å². The Hall–Kier alpha value is -1.06. The summed E-state index contributed by atoms with van der Waals surface area (Å²) in [6.07, 6.45) is 2.10. The van der Waals surface area contributed by atoms with Crippen LogP contribution in [0, 0.1) is 0 Å². The van der Waals surface area contributed by atoms with Crippen LogP contribution in [0.2, 0.25) is 5.04 Å². The Morgan fingerprint density at radius 3 is 1.41 bits per heavy atom. The van der Waals surface area contributed by atoms with Crippen molar-refractivity contribution in [1.82, 2.24) is 0 Å². The summed E-state index contributed by atoms with van der Waals surface area (Å²) in [5.41, 5.74) is 10.4. The Kier molecular flexibility index (Phi) is 13.8. The predicted molar refractivity (Wildman–Crippen MR) is 180 cm³/mol. The molecule has 236 valence electrons. The van der Waals surface area contributed by atoms with E-state index in [0.717, 1.165) is 12.8 Å². The SMILES string of the molecule is CCc1cc(CC)cc([Si](c2ccccc2)(c2cc(C(C)(C)C)cc(C(C)(C)C)c2)C2(C)C(C)=C(C)C(C)=[C]2[Ti+3])c1.[Cl-].[Cl-].[Cl-]. The zero-order chi connectivity index (χ0) is 30.5. The van der Waals surface area contributed by atoms with Gasteiger partial charge in [0.1, 0.15) is 0 Å². The summed E-state index contributed by atoms with van der Waals surface area (Å²) in [5, 5.41) is 4.49. The van der Waals surface area contributed by atoms with Crippen molar-refractivity contribution >= 4 is 23.6 Å². The van der Waals surface area contributed by atoms with Gasteiger partial charge in [-0.1, -0.05) is 0 Å². The van der Waals surface area contributed by atoms with Crippen molar-refractivity contribution in [3.63, 3.8) is 0 Å². The molecule has 0 nitrogen and oxygen atoms in total. The third-order valence-electron chi connectivity index (χ3n) is 10.1.